The van der Waals surface area contributed by atoms with Gasteiger partial charge in [-0.1, -0.05) is 184 Å². The molecule has 9 aromatic carbocycles. The van der Waals surface area contributed by atoms with Crippen molar-refractivity contribution >= 4 is 122 Å². The highest BCUT2D eigenvalue weighted by Gasteiger charge is 2.50. The lowest BCUT2D eigenvalue weighted by Crippen LogP contribution is -2.61. The number of benzene rings is 9. The maximum absolute atomic E-state index is 7.59. The van der Waals surface area contributed by atoms with Crippen molar-refractivity contribution in [3.63, 3.8) is 0 Å². The predicted octanol–water partition coefficient (Wildman–Crippen LogP) is 20.3. The smallest absolute Gasteiger partial charge is 0.262 e. The Labute approximate surface area is 482 Å². The van der Waals surface area contributed by atoms with Gasteiger partial charge in [0, 0.05) is 75.5 Å². The summed E-state index contributed by atoms with van der Waals surface area (Å²) in [5.74, 6) is 1.66. The minimum Gasteiger partial charge on any atom is -0.440 e. The minimum atomic E-state index is -0.275. The fraction of sp³-hybridized carbons (Fsp3) is 0.162. The van der Waals surface area contributed by atoms with Gasteiger partial charge in [0.15, 0.2) is 0 Å². The van der Waals surface area contributed by atoms with Crippen LogP contribution in [0, 0.1) is 0 Å². The van der Waals surface area contributed by atoms with Gasteiger partial charge < -0.3 is 8.83 Å². The zero-order chi connectivity index (χ0) is 55.3. The van der Waals surface area contributed by atoms with Crippen molar-refractivity contribution in [2.75, 3.05) is 9.80 Å². The average Bonchev–Trinajstić information content (AvgIpc) is 4.34. The molecule has 13 aromatic rings. The molecule has 0 fully saturated rings. The molecule has 2 aliphatic heterocycles. The van der Waals surface area contributed by atoms with Gasteiger partial charge in [-0.3, -0.25) is 9.80 Å². The number of hydrogen-bond acceptors (Lipinski definition) is 6. The lowest BCUT2D eigenvalue weighted by Gasteiger charge is -2.42. The summed E-state index contributed by atoms with van der Waals surface area (Å²) in [6, 6.07) is 72.4. The average molecular weight is 1090 g/mol. The SMILES string of the molecule is CC(C)(C)c1cc2c3c(c1)N(c1ccc(-c4csc5ccccc45)cc1-c1ccccc1)c1oc4ccc(C(C)(C)C)cc4c1B3c1c(oc3ccc(C(C)(C)C)cc13)N2c1ccc(-c2csc3ccccc23)cc1-c1ccccc1. The van der Waals surface area contributed by atoms with E-state index in [1.54, 1.807) is 22.7 Å². The maximum Gasteiger partial charge on any atom is 0.262 e. The summed E-state index contributed by atoms with van der Waals surface area (Å²) in [7, 11) is 0. The van der Waals surface area contributed by atoms with Gasteiger partial charge in [0.05, 0.1) is 11.4 Å². The number of furan rings is 2. The van der Waals surface area contributed by atoms with Crippen LogP contribution in [0.25, 0.3) is 86.6 Å². The van der Waals surface area contributed by atoms with Crippen molar-refractivity contribution in [1.82, 2.24) is 0 Å². The summed E-state index contributed by atoms with van der Waals surface area (Å²) < 4.78 is 17.7. The number of rotatable bonds is 6. The molecule has 0 aliphatic carbocycles. The van der Waals surface area contributed by atoms with Crippen LogP contribution in [0.1, 0.15) is 79.0 Å². The molecule has 0 saturated heterocycles. The van der Waals surface area contributed by atoms with Crippen LogP contribution in [-0.2, 0) is 16.2 Å². The van der Waals surface area contributed by atoms with Crippen LogP contribution in [-0.4, -0.2) is 6.71 Å². The van der Waals surface area contributed by atoms with Crippen molar-refractivity contribution in [2.45, 2.75) is 78.6 Å². The molecule has 15 rings (SSSR count). The Bertz CT molecular complexity index is 4380. The van der Waals surface area contributed by atoms with Crippen molar-refractivity contribution in [1.29, 1.82) is 0 Å². The van der Waals surface area contributed by atoms with E-state index in [0.29, 0.717) is 0 Å². The Hall–Kier alpha value is -8.36. The van der Waals surface area contributed by atoms with E-state index >= 15 is 0 Å². The molecule has 6 heterocycles. The van der Waals surface area contributed by atoms with E-state index in [4.69, 9.17) is 8.83 Å². The van der Waals surface area contributed by atoms with Crippen molar-refractivity contribution < 1.29 is 8.83 Å². The van der Waals surface area contributed by atoms with Gasteiger partial charge in [-0.2, -0.15) is 0 Å². The molecular formula is C74H61BN2O2S2. The van der Waals surface area contributed by atoms with E-state index in [1.165, 1.54) is 64.6 Å². The van der Waals surface area contributed by atoms with Gasteiger partial charge >= 0.3 is 0 Å². The molecule has 4 aromatic heterocycles. The standard InChI is InChI=1S/C74H61BN2O2S2/c1-72(2,3)48-30-34-63-55(38-48)67-70(78-63)76(59-32-28-46(36-53(59)44-20-12-10-13-21-44)57-42-80-65-26-18-16-24-51(57)65)61-40-50(74(7,8)9)41-62-69(61)75(67)68-56-39-49(73(4,5)6)31-35-64(56)79-71(68)77(62)60-33-29-47(37-54(60)45-22-14-11-15-23-45)58-43-81-66-27-19-17-25-52(58)66/h10-43H,1-9H3. The van der Waals surface area contributed by atoms with Gasteiger partial charge in [0.25, 0.3) is 6.71 Å². The van der Waals surface area contributed by atoms with Gasteiger partial charge in [0.2, 0.25) is 11.8 Å². The first kappa shape index (κ1) is 49.7. The van der Waals surface area contributed by atoms with Crippen LogP contribution in [0.15, 0.2) is 214 Å². The molecule has 0 N–H and O–H groups in total. The molecule has 0 bridgehead atoms. The van der Waals surface area contributed by atoms with E-state index in [9.17, 15) is 0 Å². The number of anilines is 6. The Morgan fingerprint density at radius 2 is 0.741 bits per heavy atom. The fourth-order valence-corrected chi connectivity index (χ4v) is 14.7. The van der Waals surface area contributed by atoms with E-state index < -0.39 is 0 Å². The molecule has 2 aliphatic rings. The van der Waals surface area contributed by atoms with Crippen LogP contribution >= 0.6 is 22.7 Å². The number of nitrogens with zero attached hydrogens (tertiary/aromatic N) is 2. The number of fused-ring (bicyclic) bond motifs is 10. The molecule has 0 amide bonds. The normalized spacial score (nSPS) is 13.4. The molecule has 0 radical (unpaired) electrons. The molecule has 0 spiro atoms. The van der Waals surface area contributed by atoms with E-state index in [0.717, 1.165) is 89.6 Å². The first-order valence-electron chi connectivity index (χ1n) is 28.3. The van der Waals surface area contributed by atoms with E-state index in [2.05, 4.69) is 277 Å². The summed E-state index contributed by atoms with van der Waals surface area (Å²) >= 11 is 3.60. The molecule has 0 saturated carbocycles. The second-order valence-electron chi connectivity index (χ2n) is 25.3. The highest BCUT2D eigenvalue weighted by Crippen LogP contribution is 2.53. The lowest BCUT2D eigenvalue weighted by molar-refractivity contribution is 0.588. The third kappa shape index (κ3) is 7.91. The van der Waals surface area contributed by atoms with Gasteiger partial charge in [-0.05, 0) is 144 Å². The predicted molar refractivity (Wildman–Crippen MR) is 349 cm³/mol. The minimum absolute atomic E-state index is 0.118. The summed E-state index contributed by atoms with van der Waals surface area (Å²) in [6.07, 6.45) is 0. The quantitative estimate of drug-likeness (QED) is 0.155. The Morgan fingerprint density at radius 3 is 1.16 bits per heavy atom. The highest BCUT2D eigenvalue weighted by molar-refractivity contribution is 7.18. The monoisotopic (exact) mass is 1080 g/mol. The van der Waals surface area contributed by atoms with Crippen LogP contribution in [0.4, 0.5) is 34.5 Å². The molecule has 81 heavy (non-hydrogen) atoms. The highest BCUT2D eigenvalue weighted by atomic mass is 32.1. The molecule has 394 valence electrons. The topological polar surface area (TPSA) is 32.8 Å². The fourth-order valence-electron chi connectivity index (χ4n) is 12.8. The van der Waals surface area contributed by atoms with E-state index in [-0.39, 0.29) is 23.0 Å². The van der Waals surface area contributed by atoms with Crippen molar-refractivity contribution in [3.8, 4) is 44.5 Å². The molecule has 7 heteroatoms. The summed E-state index contributed by atoms with van der Waals surface area (Å²) in [5, 5.41) is 9.40. The van der Waals surface area contributed by atoms with Gasteiger partial charge in [-0.15, -0.1) is 22.7 Å². The molecule has 4 nitrogen and oxygen atoms in total. The second kappa shape index (κ2) is 18.1. The Kier molecular flexibility index (Phi) is 11.1. The van der Waals surface area contributed by atoms with Crippen LogP contribution in [0.2, 0.25) is 0 Å². The largest absolute Gasteiger partial charge is 0.440 e. The summed E-state index contributed by atoms with van der Waals surface area (Å²) in [6.45, 7) is 20.6. The molecule has 0 unspecified atom stereocenters. The zero-order valence-electron chi connectivity index (χ0n) is 47.2. The maximum atomic E-state index is 7.59. The second-order valence-corrected chi connectivity index (χ2v) is 27.2. The third-order valence-corrected chi connectivity index (χ3v) is 19.1. The van der Waals surface area contributed by atoms with Crippen molar-refractivity contribution in [2.24, 2.45) is 0 Å². The first-order chi connectivity index (χ1) is 39.1. The summed E-state index contributed by atoms with van der Waals surface area (Å²) in [4.78, 5) is 4.98. The Balaban J connectivity index is 1.09. The number of hydrogen-bond donors (Lipinski definition) is 0. The van der Waals surface area contributed by atoms with Crippen molar-refractivity contribution in [3.05, 3.63) is 222 Å². The van der Waals surface area contributed by atoms with Crippen LogP contribution in [0.5, 0.6) is 0 Å². The third-order valence-electron chi connectivity index (χ3n) is 17.1. The van der Waals surface area contributed by atoms with E-state index in [1.807, 2.05) is 0 Å². The number of thiophene rings is 2. The molecule has 0 atom stereocenters. The van der Waals surface area contributed by atoms with Crippen LogP contribution in [0.3, 0.4) is 0 Å². The van der Waals surface area contributed by atoms with Crippen LogP contribution < -0.4 is 26.2 Å². The van der Waals surface area contributed by atoms with Gasteiger partial charge in [0.1, 0.15) is 11.2 Å². The first-order valence-corrected chi connectivity index (χ1v) is 30.1. The summed E-state index contributed by atoms with van der Waals surface area (Å²) in [5.41, 5.74) is 22.1. The van der Waals surface area contributed by atoms with Gasteiger partial charge in [-0.25, -0.2) is 0 Å². The molecular weight excluding hydrogens is 1020 g/mol. The Morgan fingerprint density at radius 1 is 0.333 bits per heavy atom. The zero-order valence-corrected chi connectivity index (χ0v) is 48.9. The lowest BCUT2D eigenvalue weighted by atomic mass is 9.33.